The number of nitrogens with zero attached hydrogens (tertiary/aromatic N) is 2. The van der Waals surface area contributed by atoms with Gasteiger partial charge in [-0.1, -0.05) is 0 Å². The molecule has 0 N–H and O–H groups in total. The van der Waals surface area contributed by atoms with Gasteiger partial charge in [-0.3, -0.25) is 9.69 Å². The number of rotatable bonds is 2. The van der Waals surface area contributed by atoms with E-state index in [0.717, 1.165) is 32.6 Å². The molecule has 0 saturated carbocycles. The highest BCUT2D eigenvalue weighted by molar-refractivity contribution is 6.17. The summed E-state index contributed by atoms with van der Waals surface area (Å²) in [6.45, 7) is 3.44. The topological polar surface area (TPSA) is 23.6 Å². The molecule has 0 bridgehead atoms. The van der Waals surface area contributed by atoms with Crippen LogP contribution in [-0.4, -0.2) is 48.4 Å². The molecule has 0 unspecified atom stereocenters. The number of amides is 1. The van der Waals surface area contributed by atoms with Gasteiger partial charge < -0.3 is 4.90 Å². The van der Waals surface area contributed by atoms with E-state index in [-0.39, 0.29) is 0 Å². The van der Waals surface area contributed by atoms with Crippen LogP contribution in [0.1, 0.15) is 0 Å². The minimum absolute atomic E-state index is 0.576. The van der Waals surface area contributed by atoms with Gasteiger partial charge in [0.2, 0.25) is 6.41 Å². The molecule has 0 aromatic carbocycles. The van der Waals surface area contributed by atoms with Gasteiger partial charge in [-0.05, 0) is 0 Å². The van der Waals surface area contributed by atoms with Crippen molar-refractivity contribution in [2.45, 2.75) is 0 Å². The fourth-order valence-electron chi connectivity index (χ4n) is 0.988. The maximum atomic E-state index is 10.2. The molecule has 1 aliphatic heterocycles. The number of carbonyl (C=O) groups excluding carboxylic acids is 1. The number of alkyl halides is 1. The van der Waals surface area contributed by atoms with E-state index < -0.39 is 0 Å². The Morgan fingerprint density at radius 3 is 2.30 bits per heavy atom. The lowest BCUT2D eigenvalue weighted by Gasteiger charge is -2.30. The van der Waals surface area contributed by atoms with Crippen LogP contribution in [0, 0.1) is 0 Å². The van der Waals surface area contributed by atoms with Crippen LogP contribution in [-0.2, 0) is 4.79 Å². The summed E-state index contributed by atoms with van der Waals surface area (Å²) in [6.07, 6.45) is 0.894. The quantitative estimate of drug-likeness (QED) is 0.323. The lowest BCUT2D eigenvalue weighted by Crippen LogP contribution is -2.44. The smallest absolute Gasteiger partial charge is 0.209 e. The van der Waals surface area contributed by atoms with Crippen molar-refractivity contribution in [1.29, 1.82) is 0 Å². The molecular weight excluding hydrogens is 152 g/mol. The normalized spacial score (nSPS) is 21.1. The van der Waals surface area contributed by atoms with Gasteiger partial charge >= 0.3 is 0 Å². The molecule has 0 aromatic heterocycles. The van der Waals surface area contributed by atoms with Crippen LogP contribution < -0.4 is 0 Å². The summed E-state index contributed by atoms with van der Waals surface area (Å²) in [5.74, 6) is 0. The summed E-state index contributed by atoms with van der Waals surface area (Å²) in [6, 6.07) is 0.576. The molecule has 4 heteroatoms. The average Bonchev–Trinajstić information content (AvgIpc) is 2.05. The largest absolute Gasteiger partial charge is 0.343 e. The van der Waals surface area contributed by atoms with Crippen LogP contribution in [0.2, 0.25) is 0 Å². The van der Waals surface area contributed by atoms with Crippen LogP contribution in [0.4, 0.5) is 0 Å². The Bertz CT molecular complexity index is 112. The highest BCUT2D eigenvalue weighted by Crippen LogP contribution is 1.99. The van der Waals surface area contributed by atoms with Gasteiger partial charge in [-0.25, -0.2) is 0 Å². The highest BCUT2D eigenvalue weighted by Gasteiger charge is 2.13. The Morgan fingerprint density at radius 1 is 1.30 bits per heavy atom. The second kappa shape index (κ2) is 3.78. The first-order chi connectivity index (χ1) is 4.86. The van der Waals surface area contributed by atoms with E-state index in [1.54, 1.807) is 4.90 Å². The Balaban J connectivity index is 2.23. The molecule has 1 rings (SSSR count). The Morgan fingerprint density at radius 2 is 1.90 bits per heavy atom. The minimum atomic E-state index is 0.576. The molecule has 1 fully saturated rings. The molecule has 10 heavy (non-hydrogen) atoms. The van der Waals surface area contributed by atoms with Gasteiger partial charge in [0.1, 0.15) is 0 Å². The van der Waals surface area contributed by atoms with Gasteiger partial charge in [0.05, 0.1) is 6.00 Å². The molecule has 1 aliphatic rings. The molecule has 0 radical (unpaired) electrons. The summed E-state index contributed by atoms with van der Waals surface area (Å²) in [5, 5.41) is 0. The zero-order valence-corrected chi connectivity index (χ0v) is 6.55. The predicted octanol–water partition coefficient (Wildman–Crippen LogP) is -0.0433. The van der Waals surface area contributed by atoms with E-state index in [1.165, 1.54) is 0 Å². The summed E-state index contributed by atoms with van der Waals surface area (Å²) in [7, 11) is 0. The molecule has 0 aliphatic carbocycles. The average molecular weight is 163 g/mol. The van der Waals surface area contributed by atoms with Gasteiger partial charge in [-0.15, -0.1) is 11.6 Å². The van der Waals surface area contributed by atoms with E-state index >= 15 is 0 Å². The molecule has 1 heterocycles. The molecule has 1 amide bonds. The van der Waals surface area contributed by atoms with Crippen LogP contribution >= 0.6 is 11.6 Å². The van der Waals surface area contributed by atoms with Crippen molar-refractivity contribution in [3.63, 3.8) is 0 Å². The van der Waals surface area contributed by atoms with Crippen molar-refractivity contribution in [2.75, 3.05) is 32.2 Å². The third-order valence-electron chi connectivity index (χ3n) is 1.72. The van der Waals surface area contributed by atoms with E-state index in [0.29, 0.717) is 6.00 Å². The standard InChI is InChI=1S/C6H11ClN2O/c7-5-8-1-3-9(6-10)4-2-8/h6H,1-5H2. The van der Waals surface area contributed by atoms with E-state index in [4.69, 9.17) is 11.6 Å². The van der Waals surface area contributed by atoms with Gasteiger partial charge in [0.25, 0.3) is 0 Å². The summed E-state index contributed by atoms with van der Waals surface area (Å²) in [4.78, 5) is 14.1. The number of halogens is 1. The van der Waals surface area contributed by atoms with Crippen LogP contribution in [0.3, 0.4) is 0 Å². The maximum Gasteiger partial charge on any atom is 0.209 e. The summed E-state index contributed by atoms with van der Waals surface area (Å²) in [5.41, 5.74) is 0. The third kappa shape index (κ3) is 1.85. The first-order valence-corrected chi connectivity index (χ1v) is 3.88. The predicted molar refractivity (Wildman–Crippen MR) is 39.9 cm³/mol. The zero-order chi connectivity index (χ0) is 7.40. The van der Waals surface area contributed by atoms with E-state index in [2.05, 4.69) is 4.90 Å². The molecule has 1 saturated heterocycles. The lowest BCUT2D eigenvalue weighted by molar-refractivity contribution is -0.119. The summed E-state index contributed by atoms with van der Waals surface area (Å²) < 4.78 is 0. The number of piperazine rings is 1. The second-order valence-corrected chi connectivity index (χ2v) is 2.62. The van der Waals surface area contributed by atoms with Crippen molar-refractivity contribution in [3.8, 4) is 0 Å². The van der Waals surface area contributed by atoms with Gasteiger partial charge in [0, 0.05) is 26.2 Å². The third-order valence-corrected chi connectivity index (χ3v) is 2.06. The number of hydrogen-bond donors (Lipinski definition) is 0. The Hall–Kier alpha value is -0.280. The minimum Gasteiger partial charge on any atom is -0.343 e. The molecule has 0 atom stereocenters. The lowest BCUT2D eigenvalue weighted by atomic mass is 10.4. The van der Waals surface area contributed by atoms with Crippen molar-refractivity contribution < 1.29 is 4.79 Å². The van der Waals surface area contributed by atoms with Crippen LogP contribution in [0.25, 0.3) is 0 Å². The van der Waals surface area contributed by atoms with Crippen molar-refractivity contribution in [2.24, 2.45) is 0 Å². The Kier molecular flexibility index (Phi) is 2.96. The van der Waals surface area contributed by atoms with Crippen molar-refractivity contribution >= 4 is 18.0 Å². The molecule has 0 spiro atoms. The SMILES string of the molecule is O=CN1CCN(CCl)CC1. The molecular formula is C6H11ClN2O. The molecule has 3 nitrogen and oxygen atoms in total. The number of hydrogen-bond acceptors (Lipinski definition) is 2. The first kappa shape index (κ1) is 7.82. The Labute approximate surface area is 65.5 Å². The van der Waals surface area contributed by atoms with E-state index in [9.17, 15) is 4.79 Å². The fourth-order valence-corrected chi connectivity index (χ4v) is 1.23. The molecule has 58 valence electrons. The van der Waals surface area contributed by atoms with Crippen LogP contribution in [0.15, 0.2) is 0 Å². The van der Waals surface area contributed by atoms with Crippen molar-refractivity contribution in [1.82, 2.24) is 9.80 Å². The fraction of sp³-hybridized carbons (Fsp3) is 0.833. The van der Waals surface area contributed by atoms with Crippen LogP contribution in [0.5, 0.6) is 0 Å². The highest BCUT2D eigenvalue weighted by atomic mass is 35.5. The number of carbonyl (C=O) groups is 1. The summed E-state index contributed by atoms with van der Waals surface area (Å²) >= 11 is 5.59. The molecule has 0 aromatic rings. The zero-order valence-electron chi connectivity index (χ0n) is 5.79. The first-order valence-electron chi connectivity index (χ1n) is 3.34. The second-order valence-electron chi connectivity index (χ2n) is 2.38. The van der Waals surface area contributed by atoms with Gasteiger partial charge in [-0.2, -0.15) is 0 Å². The van der Waals surface area contributed by atoms with Crippen molar-refractivity contribution in [3.05, 3.63) is 0 Å². The van der Waals surface area contributed by atoms with Gasteiger partial charge in [0.15, 0.2) is 0 Å². The van der Waals surface area contributed by atoms with E-state index in [1.807, 2.05) is 0 Å². The maximum absolute atomic E-state index is 10.2. The monoisotopic (exact) mass is 162 g/mol.